The number of fused-ring (bicyclic) bond motifs is 2. The van der Waals surface area contributed by atoms with Gasteiger partial charge in [0.2, 0.25) is 5.79 Å². The lowest BCUT2D eigenvalue weighted by Crippen LogP contribution is -2.53. The van der Waals surface area contributed by atoms with Crippen molar-refractivity contribution in [3.05, 3.63) is 70.2 Å². The van der Waals surface area contributed by atoms with Gasteiger partial charge in [-0.1, -0.05) is 58.4 Å². The molecular weight excluding hydrogens is 402 g/mol. The zero-order chi connectivity index (χ0) is 18.3. The summed E-state index contributed by atoms with van der Waals surface area (Å²) >= 11 is 3.38. The van der Waals surface area contributed by atoms with Gasteiger partial charge in [0.1, 0.15) is 0 Å². The van der Waals surface area contributed by atoms with Gasteiger partial charge in [-0.3, -0.25) is 4.79 Å². The van der Waals surface area contributed by atoms with E-state index < -0.39 is 24.0 Å². The van der Waals surface area contributed by atoms with Crippen LogP contribution in [0, 0.1) is 0 Å². The normalized spacial score (nSPS) is 27.6. The van der Waals surface area contributed by atoms with E-state index in [1.807, 2.05) is 54.6 Å². The van der Waals surface area contributed by atoms with Crippen LogP contribution < -0.4 is 0 Å². The Morgan fingerprint density at radius 1 is 1.15 bits per heavy atom. The smallest absolute Gasteiger partial charge is 0.336 e. The average Bonchev–Trinajstić information content (AvgIpc) is 2.98. The minimum atomic E-state index is -1.33. The molecule has 134 valence electrons. The molecule has 2 saturated heterocycles. The number of aliphatic carboxylic acids is 1. The summed E-state index contributed by atoms with van der Waals surface area (Å²) in [5, 5.41) is 9.48. The van der Waals surface area contributed by atoms with Gasteiger partial charge < -0.3 is 19.5 Å². The Bertz CT molecular complexity index is 841. The lowest BCUT2D eigenvalue weighted by Gasteiger charge is -2.38. The van der Waals surface area contributed by atoms with E-state index in [-0.39, 0.29) is 12.5 Å². The van der Waals surface area contributed by atoms with Crippen LogP contribution in [0.3, 0.4) is 0 Å². The van der Waals surface area contributed by atoms with Crippen LogP contribution in [0.15, 0.2) is 59.1 Å². The predicted molar refractivity (Wildman–Crippen MR) is 95.1 cm³/mol. The third-order valence-electron chi connectivity index (χ3n) is 4.61. The first-order valence-electron chi connectivity index (χ1n) is 8.16. The molecule has 0 radical (unpaired) electrons. The maximum atomic E-state index is 12.8. The van der Waals surface area contributed by atoms with Crippen LogP contribution in [0.1, 0.15) is 11.1 Å². The number of nitrogens with zero attached hydrogens (tertiary/aromatic N) is 1. The highest BCUT2D eigenvalue weighted by Crippen LogP contribution is 2.43. The Balaban J connectivity index is 1.70. The monoisotopic (exact) mass is 417 g/mol. The number of hydrogen-bond donors (Lipinski definition) is 1. The molecule has 1 N–H and O–H groups in total. The van der Waals surface area contributed by atoms with E-state index in [2.05, 4.69) is 15.9 Å². The van der Waals surface area contributed by atoms with Crippen LogP contribution in [0.25, 0.3) is 0 Å². The minimum Gasteiger partial charge on any atom is -0.479 e. The van der Waals surface area contributed by atoms with Crippen molar-refractivity contribution in [3.63, 3.8) is 0 Å². The summed E-state index contributed by atoms with van der Waals surface area (Å²) in [6.07, 6.45) is -2.49. The number of carboxylic acids is 1. The van der Waals surface area contributed by atoms with Crippen LogP contribution in [0.2, 0.25) is 0 Å². The largest absolute Gasteiger partial charge is 0.479 e. The second kappa shape index (κ2) is 6.50. The number of rotatable bonds is 4. The van der Waals surface area contributed by atoms with Crippen molar-refractivity contribution in [3.8, 4) is 0 Å². The summed E-state index contributed by atoms with van der Waals surface area (Å²) in [7, 11) is 0. The number of hydrogen-bond acceptors (Lipinski definition) is 4. The molecule has 2 aliphatic heterocycles. The van der Waals surface area contributed by atoms with E-state index >= 15 is 0 Å². The van der Waals surface area contributed by atoms with Crippen molar-refractivity contribution in [1.29, 1.82) is 0 Å². The van der Waals surface area contributed by atoms with E-state index in [0.717, 1.165) is 10.0 Å². The number of carboxylic acid groups (broad SMARTS) is 1. The molecular formula is C19H16BrNO5. The molecule has 2 heterocycles. The standard InChI is InChI=1S/C19H16BrNO5/c20-14-8-6-13(7-9-14)19-11-21(10-12-4-2-1-3-5-12)17(22)15(25-19)16(26-19)18(23)24/h1-9,15-16H,10-11H2,(H,23,24). The third kappa shape index (κ3) is 2.92. The van der Waals surface area contributed by atoms with Crippen molar-refractivity contribution < 1.29 is 24.2 Å². The van der Waals surface area contributed by atoms with Gasteiger partial charge in [0.05, 0.1) is 6.54 Å². The molecule has 0 saturated carbocycles. The number of carbonyl (C=O) groups is 2. The molecule has 2 fully saturated rings. The highest BCUT2D eigenvalue weighted by molar-refractivity contribution is 9.10. The Morgan fingerprint density at radius 2 is 1.85 bits per heavy atom. The average molecular weight is 418 g/mol. The Hall–Kier alpha value is -2.22. The highest BCUT2D eigenvalue weighted by Gasteiger charge is 2.60. The summed E-state index contributed by atoms with van der Waals surface area (Å²) in [5.41, 5.74) is 1.64. The van der Waals surface area contributed by atoms with Crippen LogP contribution in [0.5, 0.6) is 0 Å². The third-order valence-corrected chi connectivity index (χ3v) is 5.14. The number of ether oxygens (including phenoxy) is 2. The van der Waals surface area contributed by atoms with E-state index in [4.69, 9.17) is 9.47 Å². The van der Waals surface area contributed by atoms with Gasteiger partial charge >= 0.3 is 5.97 Å². The van der Waals surface area contributed by atoms with Gasteiger partial charge in [0.25, 0.3) is 5.91 Å². The van der Waals surface area contributed by atoms with Crippen molar-refractivity contribution in [1.82, 2.24) is 4.90 Å². The first kappa shape index (κ1) is 17.2. The number of halogens is 1. The van der Waals surface area contributed by atoms with Gasteiger partial charge in [-0.25, -0.2) is 4.79 Å². The van der Waals surface area contributed by atoms with Crippen LogP contribution >= 0.6 is 15.9 Å². The first-order chi connectivity index (χ1) is 12.5. The fraction of sp³-hybridized carbons (Fsp3) is 0.263. The summed E-state index contributed by atoms with van der Waals surface area (Å²) < 4.78 is 12.5. The molecule has 4 rings (SSSR count). The van der Waals surface area contributed by atoms with E-state index in [0.29, 0.717) is 12.1 Å². The zero-order valence-corrected chi connectivity index (χ0v) is 15.3. The number of amides is 1. The summed E-state index contributed by atoms with van der Waals surface area (Å²) in [4.78, 5) is 26.0. The quantitative estimate of drug-likeness (QED) is 0.826. The van der Waals surface area contributed by atoms with Crippen LogP contribution in [-0.4, -0.2) is 40.6 Å². The van der Waals surface area contributed by atoms with Gasteiger partial charge in [0, 0.05) is 16.6 Å². The van der Waals surface area contributed by atoms with Crippen molar-refractivity contribution in [2.45, 2.75) is 24.5 Å². The SMILES string of the molecule is O=C(O)C1OC2(c3ccc(Br)cc3)CN(Cc3ccccc3)C(=O)C1O2. The summed E-state index contributed by atoms with van der Waals surface area (Å²) in [5.74, 6) is -2.85. The number of carbonyl (C=O) groups excluding carboxylic acids is 1. The topological polar surface area (TPSA) is 76.1 Å². The van der Waals surface area contributed by atoms with Crippen molar-refractivity contribution in [2.24, 2.45) is 0 Å². The van der Waals surface area contributed by atoms with Crippen molar-refractivity contribution in [2.75, 3.05) is 6.54 Å². The first-order valence-corrected chi connectivity index (χ1v) is 8.95. The summed E-state index contributed by atoms with van der Waals surface area (Å²) in [6, 6.07) is 16.8. The highest BCUT2D eigenvalue weighted by atomic mass is 79.9. The maximum Gasteiger partial charge on any atom is 0.336 e. The van der Waals surface area contributed by atoms with Gasteiger partial charge in [-0.05, 0) is 17.7 Å². The summed E-state index contributed by atoms with van der Waals surface area (Å²) in [6.45, 7) is 0.496. The Kier molecular flexibility index (Phi) is 4.30. The van der Waals surface area contributed by atoms with Gasteiger partial charge in [-0.2, -0.15) is 0 Å². The Morgan fingerprint density at radius 3 is 2.50 bits per heavy atom. The molecule has 26 heavy (non-hydrogen) atoms. The fourth-order valence-corrected chi connectivity index (χ4v) is 3.64. The van der Waals surface area contributed by atoms with E-state index in [1.54, 1.807) is 4.90 Å². The molecule has 0 spiro atoms. The molecule has 2 aromatic rings. The number of morpholine rings is 1. The predicted octanol–water partition coefficient (Wildman–Crippen LogP) is 2.51. The van der Waals surface area contributed by atoms with Gasteiger partial charge in [-0.15, -0.1) is 0 Å². The lowest BCUT2D eigenvalue weighted by molar-refractivity contribution is -0.219. The lowest BCUT2D eigenvalue weighted by atomic mass is 10.0. The molecule has 2 aromatic carbocycles. The molecule has 0 aliphatic carbocycles. The maximum absolute atomic E-state index is 12.8. The van der Waals surface area contributed by atoms with Crippen LogP contribution in [-0.2, 0) is 31.4 Å². The minimum absolute atomic E-state index is 0.128. The zero-order valence-electron chi connectivity index (χ0n) is 13.7. The van der Waals surface area contributed by atoms with E-state index in [9.17, 15) is 14.7 Å². The van der Waals surface area contributed by atoms with Crippen LogP contribution in [0.4, 0.5) is 0 Å². The molecule has 2 aliphatic rings. The van der Waals surface area contributed by atoms with Crippen molar-refractivity contribution >= 4 is 27.8 Å². The molecule has 6 nitrogen and oxygen atoms in total. The second-order valence-electron chi connectivity index (χ2n) is 6.35. The second-order valence-corrected chi connectivity index (χ2v) is 7.27. The fourth-order valence-electron chi connectivity index (χ4n) is 3.37. The number of benzene rings is 2. The van der Waals surface area contributed by atoms with Gasteiger partial charge in [0.15, 0.2) is 12.2 Å². The molecule has 1 amide bonds. The molecule has 3 unspecified atom stereocenters. The molecule has 3 atom stereocenters. The molecule has 0 aromatic heterocycles. The molecule has 2 bridgehead atoms. The Labute approximate surface area is 158 Å². The van der Waals surface area contributed by atoms with E-state index in [1.165, 1.54) is 0 Å². The molecule has 7 heteroatoms.